The zero-order valence-electron chi connectivity index (χ0n) is 15.5. The quantitative estimate of drug-likeness (QED) is 0.729. The van der Waals surface area contributed by atoms with E-state index in [9.17, 15) is 9.59 Å². The third-order valence-corrected chi connectivity index (χ3v) is 5.47. The van der Waals surface area contributed by atoms with Crippen molar-refractivity contribution < 1.29 is 24.2 Å². The number of anilines is 1. The molecule has 2 aromatic rings. The van der Waals surface area contributed by atoms with Crippen LogP contribution in [0.25, 0.3) is 0 Å². The van der Waals surface area contributed by atoms with E-state index < -0.39 is 12.1 Å². The first-order chi connectivity index (χ1) is 13.5. The Morgan fingerprint density at radius 2 is 2.14 bits per heavy atom. The van der Waals surface area contributed by atoms with Gasteiger partial charge in [-0.25, -0.2) is 9.78 Å². The molecule has 9 heteroatoms. The molecule has 0 radical (unpaired) electrons. The highest BCUT2D eigenvalue weighted by atomic mass is 32.1. The molecule has 1 fully saturated rings. The van der Waals surface area contributed by atoms with Crippen LogP contribution in [-0.2, 0) is 27.3 Å². The predicted octanol–water partition coefficient (Wildman–Crippen LogP) is 2.29. The lowest BCUT2D eigenvalue weighted by Gasteiger charge is -2.37. The number of thiazole rings is 1. The van der Waals surface area contributed by atoms with E-state index in [2.05, 4.69) is 15.2 Å². The van der Waals surface area contributed by atoms with Gasteiger partial charge in [-0.05, 0) is 12.0 Å². The lowest BCUT2D eigenvalue weighted by atomic mass is 10.0. The Labute approximate surface area is 167 Å². The van der Waals surface area contributed by atoms with E-state index in [0.29, 0.717) is 25.2 Å². The number of amides is 1. The number of nitrogens with zero attached hydrogens (tertiary/aromatic N) is 2. The molecule has 1 aromatic heterocycles. The number of aromatic nitrogens is 1. The lowest BCUT2D eigenvalue weighted by molar-refractivity contribution is -0.136. The number of carbonyl (C=O) groups is 2. The second-order valence-electron chi connectivity index (χ2n) is 6.51. The van der Waals surface area contributed by atoms with Gasteiger partial charge in [0.1, 0.15) is 6.61 Å². The molecule has 0 aliphatic carbocycles. The summed E-state index contributed by atoms with van der Waals surface area (Å²) < 4.78 is 10.9. The summed E-state index contributed by atoms with van der Waals surface area (Å²) in [6.07, 6.45) is -0.102. The fraction of sp³-hybridized carbons (Fsp3) is 0.421. The predicted molar refractivity (Wildman–Crippen MR) is 105 cm³/mol. The Balaban J connectivity index is 1.52. The maximum absolute atomic E-state index is 12.1. The summed E-state index contributed by atoms with van der Waals surface area (Å²) >= 11 is 1.42. The molecule has 28 heavy (non-hydrogen) atoms. The molecule has 0 saturated carbocycles. The highest BCUT2D eigenvalue weighted by molar-refractivity contribution is 7.13. The minimum atomic E-state index is -0.899. The Hall–Kier alpha value is -2.65. The summed E-state index contributed by atoms with van der Waals surface area (Å²) in [6, 6.07) is 9.34. The number of ether oxygens (including phenoxy) is 2. The van der Waals surface area contributed by atoms with E-state index in [1.165, 1.54) is 11.3 Å². The van der Waals surface area contributed by atoms with Gasteiger partial charge in [0.2, 0.25) is 0 Å². The number of aliphatic carboxylic acids is 1. The van der Waals surface area contributed by atoms with Gasteiger partial charge in [-0.3, -0.25) is 4.79 Å². The number of rotatable bonds is 7. The summed E-state index contributed by atoms with van der Waals surface area (Å²) in [5.74, 6) is -0.899. The highest BCUT2D eigenvalue weighted by Gasteiger charge is 2.32. The third-order valence-electron chi connectivity index (χ3n) is 4.52. The van der Waals surface area contributed by atoms with Crippen molar-refractivity contribution in [1.29, 1.82) is 0 Å². The third kappa shape index (κ3) is 5.43. The van der Waals surface area contributed by atoms with Crippen molar-refractivity contribution in [2.75, 3.05) is 25.1 Å². The zero-order valence-corrected chi connectivity index (χ0v) is 16.4. The van der Waals surface area contributed by atoms with Gasteiger partial charge in [-0.15, -0.1) is 11.3 Å². The Bertz CT molecular complexity index is 798. The first-order valence-electron chi connectivity index (χ1n) is 8.96. The first kappa shape index (κ1) is 20.1. The number of hydrogen-bond donors (Lipinski definition) is 2. The van der Waals surface area contributed by atoms with Gasteiger partial charge in [0.25, 0.3) is 0 Å². The monoisotopic (exact) mass is 405 g/mol. The fourth-order valence-corrected chi connectivity index (χ4v) is 3.95. The van der Waals surface area contributed by atoms with E-state index in [1.807, 2.05) is 30.3 Å². The van der Waals surface area contributed by atoms with Crippen molar-refractivity contribution in [2.24, 2.45) is 0 Å². The minimum Gasteiger partial charge on any atom is -0.481 e. The van der Waals surface area contributed by atoms with Crippen molar-refractivity contribution in [3.05, 3.63) is 47.0 Å². The minimum absolute atomic E-state index is 0.0878. The maximum Gasteiger partial charge on any atom is 0.407 e. The van der Waals surface area contributed by atoms with Crippen LogP contribution in [0.1, 0.15) is 17.7 Å². The number of carboxylic acid groups (broad SMARTS) is 1. The number of hydrogen-bond acceptors (Lipinski definition) is 7. The van der Waals surface area contributed by atoms with Crippen LogP contribution in [0, 0.1) is 0 Å². The Kier molecular flexibility index (Phi) is 6.83. The number of alkyl carbamates (subject to hydrolysis) is 1. The van der Waals surface area contributed by atoms with Crippen LogP contribution in [0.2, 0.25) is 0 Å². The smallest absolute Gasteiger partial charge is 0.407 e. The summed E-state index contributed by atoms with van der Waals surface area (Å²) in [6.45, 7) is 1.46. The zero-order chi connectivity index (χ0) is 19.9. The number of carboxylic acids is 1. The van der Waals surface area contributed by atoms with Gasteiger partial charge in [-0.2, -0.15) is 0 Å². The summed E-state index contributed by atoms with van der Waals surface area (Å²) in [5.41, 5.74) is 1.47. The van der Waals surface area contributed by atoms with E-state index in [1.54, 1.807) is 12.5 Å². The molecule has 2 atom stereocenters. The van der Waals surface area contributed by atoms with E-state index in [-0.39, 0.29) is 25.2 Å². The summed E-state index contributed by atoms with van der Waals surface area (Å²) in [7, 11) is 1.61. The molecule has 1 aliphatic heterocycles. The van der Waals surface area contributed by atoms with Crippen LogP contribution in [-0.4, -0.2) is 54.5 Å². The molecule has 1 amide bonds. The molecule has 2 N–H and O–H groups in total. The Morgan fingerprint density at radius 3 is 2.86 bits per heavy atom. The van der Waals surface area contributed by atoms with Crippen LogP contribution >= 0.6 is 11.3 Å². The molecule has 0 spiro atoms. The van der Waals surface area contributed by atoms with Crippen molar-refractivity contribution in [1.82, 2.24) is 10.3 Å². The number of benzene rings is 1. The lowest BCUT2D eigenvalue weighted by Crippen LogP contribution is -2.55. The van der Waals surface area contributed by atoms with Crippen molar-refractivity contribution >= 4 is 28.5 Å². The molecule has 1 saturated heterocycles. The van der Waals surface area contributed by atoms with Gasteiger partial charge in [-0.1, -0.05) is 30.3 Å². The molecular weight excluding hydrogens is 382 g/mol. The number of carbonyl (C=O) groups excluding carboxylic acids is 1. The number of methoxy groups -OCH3 is 1. The molecule has 0 unspecified atom stereocenters. The van der Waals surface area contributed by atoms with Gasteiger partial charge in [0.05, 0.1) is 24.3 Å². The maximum atomic E-state index is 12.1. The Morgan fingerprint density at radius 1 is 1.36 bits per heavy atom. The molecule has 1 aliphatic rings. The van der Waals surface area contributed by atoms with Gasteiger partial charge >= 0.3 is 12.1 Å². The molecule has 1 aromatic carbocycles. The SMILES string of the molecule is CO[C@H]1CN(c2nc(CC(=O)O)cs2)CC[C@H]1NC(=O)OCc1ccccc1. The van der Waals surface area contributed by atoms with Crippen LogP contribution in [0.4, 0.5) is 9.93 Å². The molecule has 8 nitrogen and oxygen atoms in total. The van der Waals surface area contributed by atoms with Gasteiger partial charge in [0.15, 0.2) is 5.13 Å². The molecule has 3 rings (SSSR count). The van der Waals surface area contributed by atoms with Crippen LogP contribution in [0.5, 0.6) is 0 Å². The molecule has 150 valence electrons. The normalized spacial score (nSPS) is 19.2. The second-order valence-corrected chi connectivity index (χ2v) is 7.35. The van der Waals surface area contributed by atoms with Crippen LogP contribution in [0.15, 0.2) is 35.7 Å². The average Bonchev–Trinajstić information content (AvgIpc) is 3.15. The molecular formula is C19H23N3O5S. The van der Waals surface area contributed by atoms with Crippen molar-refractivity contribution in [3.8, 4) is 0 Å². The van der Waals surface area contributed by atoms with Crippen molar-refractivity contribution in [3.63, 3.8) is 0 Å². The summed E-state index contributed by atoms with van der Waals surface area (Å²) in [5, 5.41) is 14.3. The number of piperidine rings is 1. The van der Waals surface area contributed by atoms with Gasteiger partial charge < -0.3 is 24.8 Å². The largest absolute Gasteiger partial charge is 0.481 e. The fourth-order valence-electron chi connectivity index (χ4n) is 3.09. The highest BCUT2D eigenvalue weighted by Crippen LogP contribution is 2.25. The topological polar surface area (TPSA) is 101 Å². The van der Waals surface area contributed by atoms with Gasteiger partial charge in [0, 0.05) is 25.6 Å². The van der Waals surface area contributed by atoms with E-state index in [4.69, 9.17) is 14.6 Å². The number of nitrogens with one attached hydrogen (secondary N) is 1. The first-order valence-corrected chi connectivity index (χ1v) is 9.84. The van der Waals surface area contributed by atoms with Crippen LogP contribution < -0.4 is 10.2 Å². The van der Waals surface area contributed by atoms with E-state index >= 15 is 0 Å². The average molecular weight is 405 g/mol. The van der Waals surface area contributed by atoms with Crippen LogP contribution in [0.3, 0.4) is 0 Å². The van der Waals surface area contributed by atoms with Crippen molar-refractivity contribution in [2.45, 2.75) is 31.6 Å². The second kappa shape index (κ2) is 9.52. The summed E-state index contributed by atoms with van der Waals surface area (Å²) in [4.78, 5) is 29.4. The van der Waals surface area contributed by atoms with E-state index in [0.717, 1.165) is 10.7 Å². The standard InChI is InChI=1S/C19H23N3O5S/c1-26-16-10-22(18-20-14(12-28-18)9-17(23)24)8-7-15(16)21-19(25)27-11-13-5-3-2-4-6-13/h2-6,12,15-16H,7-11H2,1H3,(H,21,25)(H,23,24)/t15-,16+/m1/s1. The molecule has 0 bridgehead atoms. The molecule has 2 heterocycles.